The lowest BCUT2D eigenvalue weighted by molar-refractivity contribution is -0.211. The van der Waals surface area contributed by atoms with Crippen LogP contribution in [-0.4, -0.2) is 59.7 Å². The summed E-state index contributed by atoms with van der Waals surface area (Å²) in [6, 6.07) is -1.17. The van der Waals surface area contributed by atoms with Gasteiger partial charge in [0.1, 0.15) is 17.7 Å². The van der Waals surface area contributed by atoms with Crippen LogP contribution in [0.4, 0.5) is 4.79 Å². The summed E-state index contributed by atoms with van der Waals surface area (Å²) in [7, 11) is 1.47. The Labute approximate surface area is 304 Å². The van der Waals surface area contributed by atoms with E-state index in [0.717, 1.165) is 38.5 Å². The van der Waals surface area contributed by atoms with Crippen LogP contribution in [0.1, 0.15) is 140 Å². The molecule has 4 saturated carbocycles. The lowest BCUT2D eigenvalue weighted by Gasteiger charge is -2.70. The van der Waals surface area contributed by atoms with Crippen LogP contribution < -0.4 is 5.32 Å². The van der Waals surface area contributed by atoms with Crippen LogP contribution in [-0.2, 0) is 33.4 Å². The summed E-state index contributed by atoms with van der Waals surface area (Å²) in [5.74, 6) is -1.71. The number of ether oxygens (including phenoxy) is 3. The minimum Gasteiger partial charge on any atom is -0.481 e. The molecule has 10 atom stereocenters. The van der Waals surface area contributed by atoms with Gasteiger partial charge in [0.25, 0.3) is 0 Å². The number of aliphatic carboxylic acids is 1. The Bertz CT molecular complexity index is 1490. The van der Waals surface area contributed by atoms with E-state index in [1.165, 1.54) is 12.7 Å². The van der Waals surface area contributed by atoms with Crippen molar-refractivity contribution in [3.05, 3.63) is 11.6 Å². The van der Waals surface area contributed by atoms with Crippen molar-refractivity contribution in [3.8, 4) is 0 Å². The van der Waals surface area contributed by atoms with Crippen molar-refractivity contribution in [2.45, 2.75) is 158 Å². The molecule has 0 unspecified atom stereocenters. The summed E-state index contributed by atoms with van der Waals surface area (Å²) in [6.45, 7) is 20.8. The van der Waals surface area contributed by atoms with Crippen LogP contribution in [0.25, 0.3) is 0 Å². The van der Waals surface area contributed by atoms with Crippen LogP contribution in [0.5, 0.6) is 0 Å². The smallest absolute Gasteiger partial charge is 0.408 e. The second-order valence-electron chi connectivity index (χ2n) is 19.7. The first-order valence-electron chi connectivity index (χ1n) is 19.1. The third kappa shape index (κ3) is 6.53. The molecule has 286 valence electrons. The van der Waals surface area contributed by atoms with Crippen LogP contribution in [0.15, 0.2) is 11.6 Å². The van der Waals surface area contributed by atoms with Gasteiger partial charge in [0, 0.05) is 17.8 Å². The van der Waals surface area contributed by atoms with Crippen molar-refractivity contribution in [1.29, 1.82) is 0 Å². The number of esters is 2. The van der Waals surface area contributed by atoms with Gasteiger partial charge in [-0.3, -0.25) is 14.4 Å². The van der Waals surface area contributed by atoms with Gasteiger partial charge < -0.3 is 24.6 Å². The summed E-state index contributed by atoms with van der Waals surface area (Å²) < 4.78 is 16.8. The van der Waals surface area contributed by atoms with Crippen LogP contribution in [0, 0.1) is 50.2 Å². The summed E-state index contributed by atoms with van der Waals surface area (Å²) in [6.07, 6.45) is 7.76. The Morgan fingerprint density at radius 3 is 2.20 bits per heavy atom. The number of methoxy groups -OCH3 is 1. The van der Waals surface area contributed by atoms with Gasteiger partial charge in [-0.05, 0) is 131 Å². The Kier molecular flexibility index (Phi) is 9.93. The Morgan fingerprint density at radius 2 is 1.59 bits per heavy atom. The van der Waals surface area contributed by atoms with E-state index in [-0.39, 0.29) is 64.0 Å². The number of carbonyl (C=O) groups is 5. The van der Waals surface area contributed by atoms with Gasteiger partial charge in [-0.25, -0.2) is 9.59 Å². The molecular formula is C41H63NO9. The number of alkyl carbamates (subject to hydrolysis) is 1. The standard InChI is InChI=1S/C41H63NO9/c1-35(2,3)51-34(48)42-26(12-13-30(44)45)32(46)50-29-15-16-39(8)28(36(29,4)5)14-17-41(10)31(39)27(43)22-24-25-23-38(7,33(47)49-11)19-18-37(25,6)20-21-40(24,41)9/h22,25-26,28-29,31H,12-21,23H2,1-11H3,(H,42,48)(H,44,45)/t25-,26-,28-,29-,31+,37+,38-,39-,40+,41+/m0/s1. The van der Waals surface area contributed by atoms with E-state index in [9.17, 15) is 29.1 Å². The largest absolute Gasteiger partial charge is 0.481 e. The molecule has 5 aliphatic carbocycles. The fourth-order valence-electron chi connectivity index (χ4n) is 12.0. The number of carbonyl (C=O) groups excluding carboxylic acids is 4. The number of ketones is 1. The summed E-state index contributed by atoms with van der Waals surface area (Å²) >= 11 is 0. The molecule has 10 heteroatoms. The van der Waals surface area contributed by atoms with Crippen molar-refractivity contribution >= 4 is 29.8 Å². The number of fused-ring (bicyclic) bond motifs is 7. The van der Waals surface area contributed by atoms with E-state index in [2.05, 4.69) is 46.9 Å². The first-order chi connectivity index (χ1) is 23.4. The fourth-order valence-corrected chi connectivity index (χ4v) is 12.0. The number of hydrogen-bond donors (Lipinski definition) is 2. The second kappa shape index (κ2) is 12.9. The molecule has 1 amide bonds. The summed E-state index contributed by atoms with van der Waals surface area (Å²) in [5, 5.41) is 11.9. The number of rotatable bonds is 7. The summed E-state index contributed by atoms with van der Waals surface area (Å²) in [4.78, 5) is 65.5. The highest BCUT2D eigenvalue weighted by molar-refractivity contribution is 5.95. The van der Waals surface area contributed by atoms with Crippen molar-refractivity contribution in [2.24, 2.45) is 50.2 Å². The molecule has 0 aromatic carbocycles. The molecule has 2 N–H and O–H groups in total. The number of amides is 1. The fraction of sp³-hybridized carbons (Fsp3) is 0.829. The minimum atomic E-state index is -1.17. The summed E-state index contributed by atoms with van der Waals surface area (Å²) in [5.41, 5.74) is -1.40. The first kappa shape index (κ1) is 39.3. The molecule has 0 aliphatic heterocycles. The molecule has 0 aromatic heterocycles. The highest BCUT2D eigenvalue weighted by Crippen LogP contribution is 2.75. The molecule has 0 heterocycles. The molecule has 0 spiro atoms. The predicted octanol–water partition coefficient (Wildman–Crippen LogP) is 7.81. The van der Waals surface area contributed by atoms with E-state index in [1.807, 2.05) is 13.0 Å². The van der Waals surface area contributed by atoms with Gasteiger partial charge in [-0.1, -0.05) is 47.1 Å². The molecule has 0 saturated heterocycles. The first-order valence-corrected chi connectivity index (χ1v) is 19.1. The average Bonchev–Trinajstić information content (AvgIpc) is 3.01. The van der Waals surface area contributed by atoms with Crippen LogP contribution >= 0.6 is 0 Å². The maximum absolute atomic E-state index is 14.8. The maximum atomic E-state index is 14.8. The minimum absolute atomic E-state index is 0.0358. The van der Waals surface area contributed by atoms with E-state index in [4.69, 9.17) is 14.2 Å². The molecule has 51 heavy (non-hydrogen) atoms. The predicted molar refractivity (Wildman–Crippen MR) is 191 cm³/mol. The molecular weight excluding hydrogens is 650 g/mol. The maximum Gasteiger partial charge on any atom is 0.408 e. The lowest BCUT2D eigenvalue weighted by atomic mass is 9.33. The molecule has 0 radical (unpaired) electrons. The normalized spacial score (nSPS) is 40.5. The topological polar surface area (TPSA) is 145 Å². The Hall–Kier alpha value is -2.91. The number of hydrogen-bond acceptors (Lipinski definition) is 8. The molecule has 0 bridgehead atoms. The highest BCUT2D eigenvalue weighted by Gasteiger charge is 2.70. The van der Waals surface area contributed by atoms with E-state index in [0.29, 0.717) is 19.3 Å². The Morgan fingerprint density at radius 1 is 0.941 bits per heavy atom. The SMILES string of the molecule is COC(=O)[C@@]1(C)CC[C@]2(C)CC[C@]3(C)C(=CC(=O)[C@@H]4[C@@]5(C)CC[C@H](OC(=O)[C@H](CCC(=O)O)NC(=O)OC(C)(C)C)C(C)(C)[C@@H]5CC[C@]43C)[C@@H]2C1. The highest BCUT2D eigenvalue weighted by atomic mass is 16.6. The van der Waals surface area contributed by atoms with Gasteiger partial charge in [0.15, 0.2) is 5.78 Å². The van der Waals surface area contributed by atoms with E-state index >= 15 is 0 Å². The van der Waals surface area contributed by atoms with E-state index in [1.54, 1.807) is 20.8 Å². The third-order valence-corrected chi connectivity index (χ3v) is 15.1. The average molecular weight is 714 g/mol. The number of allylic oxidation sites excluding steroid dienone is 2. The molecule has 4 fully saturated rings. The molecule has 5 aliphatic rings. The molecule has 5 rings (SSSR count). The Balaban J connectivity index is 1.42. The van der Waals surface area contributed by atoms with Crippen molar-refractivity contribution in [2.75, 3.05) is 7.11 Å². The monoisotopic (exact) mass is 713 g/mol. The van der Waals surface area contributed by atoms with Crippen molar-refractivity contribution < 1.29 is 43.3 Å². The molecule has 10 nitrogen and oxygen atoms in total. The quantitative estimate of drug-likeness (QED) is 0.199. The lowest BCUT2D eigenvalue weighted by Crippen LogP contribution is -2.67. The van der Waals surface area contributed by atoms with Crippen LogP contribution in [0.3, 0.4) is 0 Å². The number of carboxylic acid groups (broad SMARTS) is 1. The van der Waals surface area contributed by atoms with Gasteiger partial charge in [-0.2, -0.15) is 0 Å². The van der Waals surface area contributed by atoms with Gasteiger partial charge in [-0.15, -0.1) is 0 Å². The second-order valence-corrected chi connectivity index (χ2v) is 19.7. The van der Waals surface area contributed by atoms with E-state index < -0.39 is 46.6 Å². The zero-order valence-corrected chi connectivity index (χ0v) is 33.0. The zero-order chi connectivity index (χ0) is 38.2. The zero-order valence-electron chi connectivity index (χ0n) is 33.0. The third-order valence-electron chi connectivity index (χ3n) is 15.1. The van der Waals surface area contributed by atoms with Gasteiger partial charge in [0.2, 0.25) is 0 Å². The number of carboxylic acids is 1. The van der Waals surface area contributed by atoms with Gasteiger partial charge >= 0.3 is 24.0 Å². The van der Waals surface area contributed by atoms with Crippen molar-refractivity contribution in [3.63, 3.8) is 0 Å². The van der Waals surface area contributed by atoms with Gasteiger partial charge in [0.05, 0.1) is 12.5 Å². The number of nitrogens with one attached hydrogen (secondary N) is 1. The van der Waals surface area contributed by atoms with Crippen molar-refractivity contribution in [1.82, 2.24) is 5.32 Å². The van der Waals surface area contributed by atoms with Crippen LogP contribution in [0.2, 0.25) is 0 Å². The molecule has 0 aromatic rings.